The molecule has 0 radical (unpaired) electrons. The summed E-state index contributed by atoms with van der Waals surface area (Å²) in [5, 5.41) is 0.656. The zero-order valence-electron chi connectivity index (χ0n) is 7.46. The molecule has 1 aliphatic rings. The number of rotatable bonds is 1. The van der Waals surface area contributed by atoms with E-state index in [1.807, 2.05) is 19.1 Å². The smallest absolute Gasteiger partial charge is 0.275 e. The van der Waals surface area contributed by atoms with Gasteiger partial charge < -0.3 is 9.47 Å². The molecular formula is C10H8BrClO2. The third-order valence-electron chi connectivity index (χ3n) is 2.06. The van der Waals surface area contributed by atoms with Crippen LogP contribution in [-0.4, -0.2) is 0 Å². The average Bonchev–Trinajstić information content (AvgIpc) is 2.58. The highest BCUT2D eigenvalue weighted by Gasteiger charge is 2.34. The first-order chi connectivity index (χ1) is 6.62. The lowest BCUT2D eigenvalue weighted by Gasteiger charge is -2.24. The van der Waals surface area contributed by atoms with Crippen LogP contribution in [0.2, 0.25) is 5.02 Å². The Kier molecular flexibility index (Phi) is 2.45. The minimum atomic E-state index is -0.774. The van der Waals surface area contributed by atoms with Crippen LogP contribution < -0.4 is 0 Å². The second kappa shape index (κ2) is 3.48. The molecule has 0 saturated heterocycles. The summed E-state index contributed by atoms with van der Waals surface area (Å²) in [6.45, 7) is 1.84. The molecular weight excluding hydrogens is 267 g/mol. The zero-order valence-corrected chi connectivity index (χ0v) is 9.80. The number of benzene rings is 1. The Bertz CT molecular complexity index is 382. The first-order valence-electron chi connectivity index (χ1n) is 4.08. The van der Waals surface area contributed by atoms with Gasteiger partial charge in [-0.05, 0) is 18.2 Å². The summed E-state index contributed by atoms with van der Waals surface area (Å²) in [4.78, 5) is 0. The molecule has 0 saturated carbocycles. The second-order valence-corrected chi connectivity index (χ2v) is 4.37. The van der Waals surface area contributed by atoms with E-state index in [4.69, 9.17) is 21.1 Å². The van der Waals surface area contributed by atoms with Gasteiger partial charge in [0.15, 0.2) is 0 Å². The highest BCUT2D eigenvalue weighted by molar-refractivity contribution is 9.10. The van der Waals surface area contributed by atoms with Gasteiger partial charge in [0.2, 0.25) is 0 Å². The predicted molar refractivity (Wildman–Crippen MR) is 57.8 cm³/mol. The number of hydrogen-bond donors (Lipinski definition) is 0. The molecule has 0 bridgehead atoms. The third-order valence-corrected chi connectivity index (χ3v) is 2.99. The van der Waals surface area contributed by atoms with Crippen LogP contribution in [0.5, 0.6) is 0 Å². The lowest BCUT2D eigenvalue weighted by Crippen LogP contribution is -2.22. The van der Waals surface area contributed by atoms with E-state index in [9.17, 15) is 0 Å². The van der Waals surface area contributed by atoms with Crippen LogP contribution >= 0.6 is 27.5 Å². The van der Waals surface area contributed by atoms with Crippen molar-refractivity contribution in [2.75, 3.05) is 0 Å². The highest BCUT2D eigenvalue weighted by atomic mass is 79.9. The van der Waals surface area contributed by atoms with Crippen LogP contribution in [0.25, 0.3) is 0 Å². The minimum absolute atomic E-state index is 0.656. The van der Waals surface area contributed by atoms with E-state index in [-0.39, 0.29) is 0 Å². The Morgan fingerprint density at radius 3 is 2.57 bits per heavy atom. The molecule has 0 aromatic heterocycles. The summed E-state index contributed by atoms with van der Waals surface area (Å²) in [5.41, 5.74) is 0.870. The van der Waals surface area contributed by atoms with Crippen molar-refractivity contribution in [3.8, 4) is 0 Å². The number of halogens is 2. The highest BCUT2D eigenvalue weighted by Crippen LogP contribution is 2.37. The molecule has 74 valence electrons. The molecule has 0 amide bonds. The van der Waals surface area contributed by atoms with Crippen LogP contribution in [0.15, 0.2) is 35.2 Å². The first-order valence-corrected chi connectivity index (χ1v) is 5.25. The van der Waals surface area contributed by atoms with Crippen molar-refractivity contribution in [3.05, 3.63) is 45.8 Å². The van der Waals surface area contributed by atoms with Crippen LogP contribution in [0, 0.1) is 0 Å². The van der Waals surface area contributed by atoms with E-state index < -0.39 is 5.79 Å². The monoisotopic (exact) mass is 274 g/mol. The molecule has 4 heteroatoms. The van der Waals surface area contributed by atoms with Gasteiger partial charge in [0, 0.05) is 16.4 Å². The van der Waals surface area contributed by atoms with Crippen LogP contribution in [0.4, 0.5) is 0 Å². The molecule has 1 heterocycles. The van der Waals surface area contributed by atoms with E-state index in [0.29, 0.717) is 5.02 Å². The standard InChI is InChI=1S/C10H8BrClO2/c1-10(13-4-5-14-10)8-6-7(12)2-3-9(8)11/h2-6H,1H3. The Labute approximate surface area is 95.6 Å². The fraction of sp³-hybridized carbons (Fsp3) is 0.200. The number of hydrogen-bond acceptors (Lipinski definition) is 2. The Hall–Kier alpha value is -0.670. The van der Waals surface area contributed by atoms with Gasteiger partial charge in [0.05, 0.1) is 5.56 Å². The molecule has 2 rings (SSSR count). The summed E-state index contributed by atoms with van der Waals surface area (Å²) < 4.78 is 11.7. The van der Waals surface area contributed by atoms with E-state index >= 15 is 0 Å². The largest absolute Gasteiger partial charge is 0.453 e. The normalized spacial score (nSPS) is 17.6. The quantitative estimate of drug-likeness (QED) is 0.776. The second-order valence-electron chi connectivity index (χ2n) is 3.08. The van der Waals surface area contributed by atoms with Crippen molar-refractivity contribution in [3.63, 3.8) is 0 Å². The predicted octanol–water partition coefficient (Wildman–Crippen LogP) is 3.79. The fourth-order valence-electron chi connectivity index (χ4n) is 1.32. The van der Waals surface area contributed by atoms with E-state index in [1.165, 1.54) is 12.5 Å². The van der Waals surface area contributed by atoms with Gasteiger partial charge in [-0.1, -0.05) is 27.5 Å². The maximum absolute atomic E-state index is 5.90. The maximum atomic E-state index is 5.90. The minimum Gasteiger partial charge on any atom is -0.453 e. The van der Waals surface area contributed by atoms with Gasteiger partial charge in [-0.15, -0.1) is 0 Å². The van der Waals surface area contributed by atoms with Crippen molar-refractivity contribution in [1.29, 1.82) is 0 Å². The van der Waals surface area contributed by atoms with Crippen molar-refractivity contribution < 1.29 is 9.47 Å². The first kappa shape index (κ1) is 9.87. The maximum Gasteiger partial charge on any atom is 0.275 e. The van der Waals surface area contributed by atoms with Crippen molar-refractivity contribution in [1.82, 2.24) is 0 Å². The SMILES string of the molecule is CC1(c2cc(Cl)ccc2Br)OC=CO1. The molecule has 0 N–H and O–H groups in total. The summed E-state index contributed by atoms with van der Waals surface area (Å²) in [7, 11) is 0. The van der Waals surface area contributed by atoms with Crippen LogP contribution in [0.3, 0.4) is 0 Å². The summed E-state index contributed by atoms with van der Waals surface area (Å²) in [6.07, 6.45) is 3.04. The fourth-order valence-corrected chi connectivity index (χ4v) is 2.09. The van der Waals surface area contributed by atoms with Gasteiger partial charge in [-0.2, -0.15) is 0 Å². The van der Waals surface area contributed by atoms with Crippen LogP contribution in [-0.2, 0) is 15.3 Å². The summed E-state index contributed by atoms with van der Waals surface area (Å²) in [6, 6.07) is 5.49. The Morgan fingerprint density at radius 1 is 1.29 bits per heavy atom. The van der Waals surface area contributed by atoms with Crippen molar-refractivity contribution >= 4 is 27.5 Å². The van der Waals surface area contributed by atoms with Gasteiger partial charge in [0.25, 0.3) is 5.79 Å². The van der Waals surface area contributed by atoms with Gasteiger partial charge >= 0.3 is 0 Å². The molecule has 1 aromatic carbocycles. The topological polar surface area (TPSA) is 18.5 Å². The average molecular weight is 276 g/mol. The lowest BCUT2D eigenvalue weighted by atomic mass is 10.1. The molecule has 0 spiro atoms. The molecule has 0 fully saturated rings. The molecule has 0 unspecified atom stereocenters. The van der Waals surface area contributed by atoms with Crippen molar-refractivity contribution in [2.45, 2.75) is 12.7 Å². The molecule has 2 nitrogen and oxygen atoms in total. The molecule has 0 aliphatic carbocycles. The number of ether oxygens (including phenoxy) is 2. The van der Waals surface area contributed by atoms with Crippen LogP contribution in [0.1, 0.15) is 12.5 Å². The van der Waals surface area contributed by atoms with Gasteiger partial charge in [-0.3, -0.25) is 0 Å². The molecule has 0 atom stereocenters. The van der Waals surface area contributed by atoms with Crippen molar-refractivity contribution in [2.24, 2.45) is 0 Å². The molecule has 1 aliphatic heterocycles. The van der Waals surface area contributed by atoms with Gasteiger partial charge in [-0.25, -0.2) is 0 Å². The lowest BCUT2D eigenvalue weighted by molar-refractivity contribution is -0.133. The van der Waals surface area contributed by atoms with E-state index in [0.717, 1.165) is 10.0 Å². The molecule has 1 aromatic rings. The molecule has 14 heavy (non-hydrogen) atoms. The summed E-state index contributed by atoms with van der Waals surface area (Å²) >= 11 is 9.33. The third kappa shape index (κ3) is 1.62. The van der Waals surface area contributed by atoms with E-state index in [1.54, 1.807) is 6.07 Å². The Balaban J connectivity index is 2.45. The Morgan fingerprint density at radius 2 is 1.93 bits per heavy atom. The zero-order chi connectivity index (χ0) is 10.2. The summed E-state index contributed by atoms with van der Waals surface area (Å²) in [5.74, 6) is -0.774. The van der Waals surface area contributed by atoms with E-state index in [2.05, 4.69) is 15.9 Å². The van der Waals surface area contributed by atoms with Gasteiger partial charge in [0.1, 0.15) is 12.5 Å².